The summed E-state index contributed by atoms with van der Waals surface area (Å²) in [5.74, 6) is -2.22. The van der Waals surface area contributed by atoms with Crippen LogP contribution in [0.2, 0.25) is 0 Å². The molecule has 0 radical (unpaired) electrons. The van der Waals surface area contributed by atoms with E-state index in [1.807, 2.05) is 0 Å². The molecule has 0 saturated carbocycles. The van der Waals surface area contributed by atoms with Crippen molar-refractivity contribution < 1.29 is 28.6 Å². The maximum atomic E-state index is 14.2. The smallest absolute Gasteiger partial charge is 0.317 e. The summed E-state index contributed by atoms with van der Waals surface area (Å²) in [6, 6.07) is 3.99. The van der Waals surface area contributed by atoms with Crippen molar-refractivity contribution in [1.29, 1.82) is 0 Å². The van der Waals surface area contributed by atoms with Crippen molar-refractivity contribution in [2.24, 2.45) is 0 Å². The van der Waals surface area contributed by atoms with Crippen molar-refractivity contribution in [3.05, 3.63) is 47.0 Å². The Labute approximate surface area is 160 Å². The molecule has 1 aromatic carbocycles. The number of anilines is 1. The number of ketones is 1. The van der Waals surface area contributed by atoms with Crippen LogP contribution < -0.4 is 15.4 Å². The molecular weight excluding hydrogens is 369 g/mol. The van der Waals surface area contributed by atoms with Crippen molar-refractivity contribution in [2.45, 2.75) is 19.3 Å². The predicted molar refractivity (Wildman–Crippen MR) is 98.4 cm³/mol. The van der Waals surface area contributed by atoms with E-state index in [1.165, 1.54) is 18.3 Å². The van der Waals surface area contributed by atoms with Crippen molar-refractivity contribution in [2.75, 3.05) is 25.0 Å². The molecule has 28 heavy (non-hydrogen) atoms. The number of fused-ring (bicyclic) bond motifs is 1. The van der Waals surface area contributed by atoms with Crippen molar-refractivity contribution >= 4 is 23.3 Å². The molecule has 1 aliphatic rings. The average Bonchev–Trinajstić information content (AvgIpc) is 3.08. The van der Waals surface area contributed by atoms with Crippen LogP contribution in [0, 0.1) is 5.82 Å². The summed E-state index contributed by atoms with van der Waals surface area (Å²) in [5, 5.41) is 13.7. The van der Waals surface area contributed by atoms with E-state index in [1.54, 1.807) is 0 Å². The van der Waals surface area contributed by atoms with Gasteiger partial charge in [0, 0.05) is 36.6 Å². The molecule has 0 aliphatic heterocycles. The number of aromatic amines is 1. The number of H-pyrrole nitrogens is 1. The minimum absolute atomic E-state index is 0.00988. The van der Waals surface area contributed by atoms with Gasteiger partial charge in [-0.3, -0.25) is 14.4 Å². The van der Waals surface area contributed by atoms with Crippen molar-refractivity contribution in [3.8, 4) is 5.75 Å². The number of hydrogen-bond acceptors (Lipinski definition) is 5. The first kappa shape index (κ1) is 19.6. The van der Waals surface area contributed by atoms with Crippen LogP contribution in [0.5, 0.6) is 5.75 Å². The Morgan fingerprint density at radius 1 is 1.29 bits per heavy atom. The van der Waals surface area contributed by atoms with Gasteiger partial charge in [-0.1, -0.05) is 0 Å². The third-order valence-electron chi connectivity index (χ3n) is 4.32. The molecule has 2 aromatic rings. The lowest BCUT2D eigenvalue weighted by molar-refractivity contribution is -0.135. The molecule has 4 N–H and O–H groups in total. The van der Waals surface area contributed by atoms with Crippen molar-refractivity contribution in [1.82, 2.24) is 10.3 Å². The summed E-state index contributed by atoms with van der Waals surface area (Å²) in [6.07, 6.45) is 3.39. The fraction of sp³-hybridized carbons (Fsp3) is 0.316. The second-order valence-electron chi connectivity index (χ2n) is 6.35. The van der Waals surface area contributed by atoms with Gasteiger partial charge in [-0.2, -0.15) is 0 Å². The molecule has 8 nitrogen and oxygen atoms in total. The summed E-state index contributed by atoms with van der Waals surface area (Å²) >= 11 is 0. The predicted octanol–water partition coefficient (Wildman–Crippen LogP) is 1.98. The number of halogens is 1. The van der Waals surface area contributed by atoms with Gasteiger partial charge in [0.15, 0.2) is 17.3 Å². The lowest BCUT2D eigenvalue weighted by Crippen LogP contribution is -2.27. The Balaban J connectivity index is 1.60. The van der Waals surface area contributed by atoms with E-state index in [2.05, 4.69) is 15.6 Å². The summed E-state index contributed by atoms with van der Waals surface area (Å²) in [6.45, 7) is 0.131. The van der Waals surface area contributed by atoms with Gasteiger partial charge in [0.1, 0.15) is 6.61 Å². The first-order valence-electron chi connectivity index (χ1n) is 8.85. The average molecular weight is 389 g/mol. The summed E-state index contributed by atoms with van der Waals surface area (Å²) in [4.78, 5) is 37.9. The Morgan fingerprint density at radius 3 is 2.86 bits per heavy atom. The number of nitrogens with one attached hydrogen (secondary N) is 3. The molecular formula is C19H20FN3O5. The molecule has 0 fully saturated rings. The lowest BCUT2D eigenvalue weighted by Gasteiger charge is -2.12. The second kappa shape index (κ2) is 8.66. The Morgan fingerprint density at radius 2 is 2.11 bits per heavy atom. The zero-order valence-corrected chi connectivity index (χ0v) is 15.0. The Kier molecular flexibility index (Phi) is 6.05. The minimum Gasteiger partial charge on any atom is -0.489 e. The molecule has 9 heteroatoms. The van der Waals surface area contributed by atoms with Gasteiger partial charge in [0.2, 0.25) is 0 Å². The number of carboxylic acid groups (broad SMARTS) is 1. The highest BCUT2D eigenvalue weighted by atomic mass is 19.1. The molecule has 0 saturated heterocycles. The van der Waals surface area contributed by atoms with Crippen LogP contribution >= 0.6 is 0 Å². The number of amides is 1. The molecule has 1 aliphatic carbocycles. The third kappa shape index (κ3) is 4.55. The number of carbonyl (C=O) groups is 3. The maximum Gasteiger partial charge on any atom is 0.317 e. The maximum absolute atomic E-state index is 14.2. The van der Waals surface area contributed by atoms with E-state index in [-0.39, 0.29) is 42.5 Å². The molecule has 3 rings (SSSR count). The highest BCUT2D eigenvalue weighted by Crippen LogP contribution is 2.26. The molecule has 1 aromatic heterocycles. The Hall–Kier alpha value is -3.20. The van der Waals surface area contributed by atoms with Crippen LogP contribution in [-0.2, 0) is 11.2 Å². The number of carboxylic acids is 1. The van der Waals surface area contributed by atoms with Gasteiger partial charge in [-0.25, -0.2) is 4.39 Å². The molecule has 1 amide bonds. The number of rotatable bonds is 8. The summed E-state index contributed by atoms with van der Waals surface area (Å²) < 4.78 is 19.4. The highest BCUT2D eigenvalue weighted by Gasteiger charge is 2.26. The Bertz CT molecular complexity index is 909. The number of aromatic nitrogens is 1. The number of hydrogen-bond donors (Lipinski definition) is 4. The lowest BCUT2D eigenvalue weighted by atomic mass is 9.93. The van der Waals surface area contributed by atoms with Crippen LogP contribution in [0.3, 0.4) is 0 Å². The summed E-state index contributed by atoms with van der Waals surface area (Å²) in [7, 11) is 0. The normalized spacial score (nSPS) is 13.1. The standard InChI is InChI=1S/C19H20FN3O5/c20-13-8-11(4-5-16(13)28-7-6-21-10-17(25)26)23-19(27)12-9-22-14-2-1-3-15(24)18(12)14/h4-5,8-9,21-22H,1-3,6-7,10H2,(H,23,27)(H,25,26). The van der Waals surface area contributed by atoms with E-state index in [4.69, 9.17) is 9.84 Å². The van der Waals surface area contributed by atoms with E-state index in [9.17, 15) is 18.8 Å². The SMILES string of the molecule is O=C(O)CNCCOc1ccc(NC(=O)c2c[nH]c3c2C(=O)CCC3)cc1F. The third-order valence-corrected chi connectivity index (χ3v) is 4.32. The van der Waals surface area contributed by atoms with Crippen LogP contribution in [0.1, 0.15) is 39.3 Å². The van der Waals surface area contributed by atoms with Gasteiger partial charge < -0.3 is 25.5 Å². The number of aryl methyl sites for hydroxylation is 1. The molecule has 1 heterocycles. The van der Waals surface area contributed by atoms with Crippen LogP contribution in [0.4, 0.5) is 10.1 Å². The van der Waals surface area contributed by atoms with Gasteiger partial charge in [-0.05, 0) is 25.0 Å². The fourth-order valence-electron chi connectivity index (χ4n) is 3.03. The minimum atomic E-state index is -0.989. The number of benzene rings is 1. The van der Waals surface area contributed by atoms with Gasteiger partial charge in [0.25, 0.3) is 5.91 Å². The first-order valence-corrected chi connectivity index (χ1v) is 8.85. The molecule has 0 bridgehead atoms. The summed E-state index contributed by atoms with van der Waals surface area (Å²) in [5.41, 5.74) is 1.66. The number of Topliss-reactive ketones (excluding diaryl/α,β-unsaturated/α-hetero) is 1. The monoisotopic (exact) mass is 389 g/mol. The number of carbonyl (C=O) groups excluding carboxylic acids is 2. The van der Waals surface area contributed by atoms with Crippen LogP contribution in [0.25, 0.3) is 0 Å². The largest absolute Gasteiger partial charge is 0.489 e. The van der Waals surface area contributed by atoms with E-state index < -0.39 is 17.7 Å². The number of ether oxygens (including phenoxy) is 1. The van der Waals surface area contributed by atoms with Crippen LogP contribution in [-0.4, -0.2) is 47.4 Å². The highest BCUT2D eigenvalue weighted by molar-refractivity contribution is 6.13. The van der Waals surface area contributed by atoms with Gasteiger partial charge >= 0.3 is 5.97 Å². The quantitative estimate of drug-likeness (QED) is 0.513. The van der Waals surface area contributed by atoms with E-state index in [0.717, 1.165) is 24.6 Å². The number of aliphatic carboxylic acids is 1. The molecule has 0 unspecified atom stereocenters. The zero-order chi connectivity index (χ0) is 20.1. The topological polar surface area (TPSA) is 121 Å². The van der Waals surface area contributed by atoms with Crippen molar-refractivity contribution in [3.63, 3.8) is 0 Å². The van der Waals surface area contributed by atoms with Gasteiger partial charge in [0.05, 0.1) is 17.7 Å². The molecule has 148 valence electrons. The van der Waals surface area contributed by atoms with Gasteiger partial charge in [-0.15, -0.1) is 0 Å². The zero-order valence-electron chi connectivity index (χ0n) is 15.0. The van der Waals surface area contributed by atoms with E-state index >= 15 is 0 Å². The van der Waals surface area contributed by atoms with E-state index in [0.29, 0.717) is 12.0 Å². The van der Waals surface area contributed by atoms with Crippen LogP contribution in [0.15, 0.2) is 24.4 Å². The molecule has 0 atom stereocenters. The second-order valence-corrected chi connectivity index (χ2v) is 6.35. The molecule has 0 spiro atoms. The first-order chi connectivity index (χ1) is 13.5. The fourth-order valence-corrected chi connectivity index (χ4v) is 3.03.